The molecule has 14 heteroatoms. The lowest BCUT2D eigenvalue weighted by Crippen LogP contribution is -2.43. The number of alkyl halides is 1. The molecular weight excluding hydrogens is 524 g/mol. The molecule has 1 aliphatic rings. The SMILES string of the molecule is COC(=O)[C@H](C)NP(=O)(OC[C@H]1OC(n2ccc(=O)[nH]c2=O)[C@](C)(F)[C@@H]1O)Oc1cccc2ccccc12. The molecule has 6 atom stereocenters. The summed E-state index contributed by atoms with van der Waals surface area (Å²) in [6.07, 6.45) is -3.83. The molecule has 0 saturated carbocycles. The van der Waals surface area contributed by atoms with E-state index in [0.29, 0.717) is 5.39 Å². The van der Waals surface area contributed by atoms with Crippen molar-refractivity contribution >= 4 is 24.5 Å². The molecule has 1 saturated heterocycles. The minimum absolute atomic E-state index is 0.178. The zero-order valence-corrected chi connectivity index (χ0v) is 21.6. The number of aromatic nitrogens is 2. The summed E-state index contributed by atoms with van der Waals surface area (Å²) in [4.78, 5) is 37.6. The summed E-state index contributed by atoms with van der Waals surface area (Å²) in [5.41, 5.74) is -4.13. The number of carbonyl (C=O) groups excluding carboxylic acids is 1. The number of halogens is 1. The van der Waals surface area contributed by atoms with Gasteiger partial charge in [0.05, 0.1) is 13.7 Å². The molecule has 12 nitrogen and oxygen atoms in total. The van der Waals surface area contributed by atoms with Crippen LogP contribution in [0.5, 0.6) is 5.75 Å². The van der Waals surface area contributed by atoms with Gasteiger partial charge in [-0.3, -0.25) is 23.7 Å². The Morgan fingerprint density at radius 3 is 2.68 bits per heavy atom. The van der Waals surface area contributed by atoms with Crippen molar-refractivity contribution in [3.63, 3.8) is 0 Å². The molecule has 4 rings (SSSR count). The molecule has 38 heavy (non-hydrogen) atoms. The monoisotopic (exact) mass is 551 g/mol. The van der Waals surface area contributed by atoms with Crippen LogP contribution >= 0.6 is 7.75 Å². The number of esters is 1. The summed E-state index contributed by atoms with van der Waals surface area (Å²) in [6, 6.07) is 12.1. The molecule has 3 aromatic rings. The molecule has 0 radical (unpaired) electrons. The number of methoxy groups -OCH3 is 1. The predicted molar refractivity (Wildman–Crippen MR) is 134 cm³/mol. The number of rotatable bonds is 9. The summed E-state index contributed by atoms with van der Waals surface area (Å²) in [5, 5.41) is 14.5. The van der Waals surface area contributed by atoms with Crippen molar-refractivity contribution in [3.05, 3.63) is 75.6 Å². The van der Waals surface area contributed by atoms with E-state index < -0.39 is 61.7 Å². The largest absolute Gasteiger partial charge is 0.468 e. The van der Waals surface area contributed by atoms with E-state index in [0.717, 1.165) is 36.3 Å². The zero-order chi connectivity index (χ0) is 27.7. The van der Waals surface area contributed by atoms with E-state index in [1.807, 2.05) is 23.2 Å². The molecule has 1 fully saturated rings. The van der Waals surface area contributed by atoms with E-state index in [4.69, 9.17) is 13.8 Å². The van der Waals surface area contributed by atoms with E-state index >= 15 is 4.39 Å². The fraction of sp³-hybridized carbons (Fsp3) is 0.375. The fourth-order valence-electron chi connectivity index (χ4n) is 4.10. The maximum absolute atomic E-state index is 15.5. The van der Waals surface area contributed by atoms with Gasteiger partial charge in [0.2, 0.25) is 0 Å². The first-order valence-corrected chi connectivity index (χ1v) is 13.1. The molecule has 2 aromatic carbocycles. The molecule has 0 amide bonds. The van der Waals surface area contributed by atoms with E-state index in [2.05, 4.69) is 9.82 Å². The number of hydrogen-bond donors (Lipinski definition) is 3. The van der Waals surface area contributed by atoms with Gasteiger partial charge >= 0.3 is 19.4 Å². The highest BCUT2D eigenvalue weighted by Crippen LogP contribution is 2.48. The number of benzene rings is 2. The fourth-order valence-corrected chi connectivity index (χ4v) is 5.62. The summed E-state index contributed by atoms with van der Waals surface area (Å²) in [5.74, 6) is -0.571. The van der Waals surface area contributed by atoms with Crippen molar-refractivity contribution in [1.82, 2.24) is 14.6 Å². The van der Waals surface area contributed by atoms with Gasteiger partial charge in [-0.1, -0.05) is 36.4 Å². The molecule has 0 bridgehead atoms. The van der Waals surface area contributed by atoms with Crippen LogP contribution in [0.2, 0.25) is 0 Å². The third kappa shape index (κ3) is 5.57. The van der Waals surface area contributed by atoms with Gasteiger partial charge < -0.3 is 19.1 Å². The zero-order valence-electron chi connectivity index (χ0n) is 20.7. The third-order valence-electron chi connectivity index (χ3n) is 6.10. The van der Waals surface area contributed by atoms with Crippen LogP contribution in [0.4, 0.5) is 4.39 Å². The Morgan fingerprint density at radius 2 is 1.97 bits per heavy atom. The molecule has 0 spiro atoms. The van der Waals surface area contributed by atoms with Crippen LogP contribution in [0.1, 0.15) is 20.1 Å². The summed E-state index contributed by atoms with van der Waals surface area (Å²) < 4.78 is 51.7. The highest BCUT2D eigenvalue weighted by atomic mass is 31.2. The Labute approximate surface area is 215 Å². The van der Waals surface area contributed by atoms with Gasteiger partial charge in [-0.25, -0.2) is 13.8 Å². The quantitative estimate of drug-likeness (QED) is 0.265. The summed E-state index contributed by atoms with van der Waals surface area (Å²) in [7, 11) is -3.22. The van der Waals surface area contributed by atoms with Gasteiger partial charge in [0.15, 0.2) is 11.9 Å². The number of nitrogens with one attached hydrogen (secondary N) is 2. The van der Waals surface area contributed by atoms with Crippen LogP contribution < -0.4 is 20.9 Å². The van der Waals surface area contributed by atoms with Crippen molar-refractivity contribution in [2.75, 3.05) is 13.7 Å². The first-order valence-electron chi connectivity index (χ1n) is 11.6. The second-order valence-corrected chi connectivity index (χ2v) is 10.6. The maximum atomic E-state index is 15.5. The van der Waals surface area contributed by atoms with Gasteiger partial charge in [-0.15, -0.1) is 0 Å². The Morgan fingerprint density at radius 1 is 1.26 bits per heavy atom. The smallest absolute Gasteiger partial charge is 0.459 e. The number of carbonyl (C=O) groups is 1. The first-order chi connectivity index (χ1) is 17.9. The van der Waals surface area contributed by atoms with Crippen molar-refractivity contribution < 1.29 is 37.4 Å². The number of H-pyrrole nitrogens is 1. The lowest BCUT2D eigenvalue weighted by atomic mass is 9.98. The van der Waals surface area contributed by atoms with Crippen LogP contribution in [-0.2, 0) is 23.4 Å². The number of hydrogen-bond acceptors (Lipinski definition) is 9. The van der Waals surface area contributed by atoms with Gasteiger partial charge in [-0.05, 0) is 25.3 Å². The predicted octanol–water partition coefficient (Wildman–Crippen LogP) is 2.03. The van der Waals surface area contributed by atoms with Gasteiger partial charge in [0.25, 0.3) is 5.56 Å². The number of fused-ring (bicyclic) bond motifs is 1. The lowest BCUT2D eigenvalue weighted by molar-refractivity contribution is -0.142. The first kappa shape index (κ1) is 27.7. The highest BCUT2D eigenvalue weighted by Gasteiger charge is 2.56. The normalized spacial score (nSPS) is 25.6. The molecule has 0 aliphatic carbocycles. The Kier molecular flexibility index (Phi) is 7.86. The van der Waals surface area contributed by atoms with Crippen LogP contribution in [-0.4, -0.2) is 58.3 Å². The number of aliphatic hydroxyl groups is 1. The summed E-state index contributed by atoms with van der Waals surface area (Å²) >= 11 is 0. The van der Waals surface area contributed by atoms with E-state index in [1.165, 1.54) is 6.92 Å². The lowest BCUT2D eigenvalue weighted by Gasteiger charge is -2.25. The molecule has 2 unspecified atom stereocenters. The number of ether oxygens (including phenoxy) is 2. The summed E-state index contributed by atoms with van der Waals surface area (Å²) in [6.45, 7) is 1.74. The van der Waals surface area contributed by atoms with Gasteiger partial charge in [0, 0.05) is 17.6 Å². The van der Waals surface area contributed by atoms with Crippen molar-refractivity contribution in [3.8, 4) is 5.75 Å². The standard InChI is InChI=1S/C24H27FN3O9P/c1-14(21(31)34-3)27-38(33,37-17-10-6-8-15-7-4-5-9-16(15)17)35-13-18-20(30)24(2,25)22(36-18)28-12-11-19(29)26-23(28)32/h4-12,14,18,20,22,30H,13H2,1-3H3,(H,27,33)(H,26,29,32)/t14-,18+,20+,22?,24+,38?/m0/s1. The number of aromatic amines is 1. The molecule has 3 N–H and O–H groups in total. The van der Waals surface area contributed by atoms with Crippen LogP contribution in [0.3, 0.4) is 0 Å². The molecule has 2 heterocycles. The minimum Gasteiger partial charge on any atom is -0.468 e. The molecule has 1 aliphatic heterocycles. The maximum Gasteiger partial charge on any atom is 0.459 e. The second-order valence-electron chi connectivity index (χ2n) is 8.88. The molecule has 1 aromatic heterocycles. The second kappa shape index (κ2) is 10.8. The average molecular weight is 551 g/mol. The molecular formula is C24H27FN3O9P. The van der Waals surface area contributed by atoms with E-state index in [-0.39, 0.29) is 5.75 Å². The average Bonchev–Trinajstić information content (AvgIpc) is 3.10. The van der Waals surface area contributed by atoms with Gasteiger partial charge in [0.1, 0.15) is 24.0 Å². The van der Waals surface area contributed by atoms with Crippen molar-refractivity contribution in [2.45, 2.75) is 44.0 Å². The van der Waals surface area contributed by atoms with E-state index in [9.17, 15) is 24.1 Å². The Bertz CT molecular complexity index is 1490. The Balaban J connectivity index is 1.60. The van der Waals surface area contributed by atoms with E-state index in [1.54, 1.807) is 24.3 Å². The third-order valence-corrected chi connectivity index (χ3v) is 7.73. The van der Waals surface area contributed by atoms with Crippen LogP contribution in [0, 0.1) is 0 Å². The van der Waals surface area contributed by atoms with Crippen LogP contribution in [0.15, 0.2) is 64.3 Å². The Hall–Kier alpha value is -3.35. The van der Waals surface area contributed by atoms with Crippen molar-refractivity contribution in [1.29, 1.82) is 0 Å². The minimum atomic E-state index is -4.38. The topological polar surface area (TPSA) is 158 Å². The number of aliphatic hydroxyl groups excluding tert-OH is 1. The molecule has 204 valence electrons. The van der Waals surface area contributed by atoms with Crippen molar-refractivity contribution in [2.24, 2.45) is 0 Å². The highest BCUT2D eigenvalue weighted by molar-refractivity contribution is 7.52. The number of nitrogens with zero attached hydrogens (tertiary/aromatic N) is 1. The van der Waals surface area contributed by atoms with Gasteiger partial charge in [-0.2, -0.15) is 5.09 Å². The van der Waals surface area contributed by atoms with Crippen LogP contribution in [0.25, 0.3) is 10.8 Å².